The Bertz CT molecular complexity index is 1060. The zero-order chi connectivity index (χ0) is 20.4. The van der Waals surface area contributed by atoms with Gasteiger partial charge in [0.2, 0.25) is 0 Å². The molecule has 0 unspecified atom stereocenters. The molecule has 0 fully saturated rings. The van der Waals surface area contributed by atoms with E-state index in [-0.39, 0.29) is 45.2 Å². The molecule has 0 radical (unpaired) electrons. The molecule has 0 aliphatic rings. The van der Waals surface area contributed by atoms with E-state index in [1.54, 1.807) is 6.92 Å². The molecule has 0 atom stereocenters. The lowest BCUT2D eigenvalue weighted by molar-refractivity contribution is 0.0946. The number of aromatic amines is 1. The fourth-order valence-corrected chi connectivity index (χ4v) is 2.83. The second kappa shape index (κ2) is 8.04. The van der Waals surface area contributed by atoms with Gasteiger partial charge < -0.3 is 20.8 Å². The largest absolute Gasteiger partial charge is 0.450 e. The lowest BCUT2D eigenvalue weighted by Crippen LogP contribution is -2.24. The number of H-pyrrole nitrogens is 1. The van der Waals surface area contributed by atoms with Gasteiger partial charge in [0.05, 0.1) is 5.02 Å². The summed E-state index contributed by atoms with van der Waals surface area (Å²) in [5, 5.41) is 2.52. The highest BCUT2D eigenvalue weighted by molar-refractivity contribution is 6.32. The highest BCUT2D eigenvalue weighted by Gasteiger charge is 2.19. The number of nitrogens with two attached hydrogens (primary N) is 1. The first-order valence-corrected chi connectivity index (χ1v) is 8.72. The van der Waals surface area contributed by atoms with E-state index in [0.717, 1.165) is 6.07 Å². The Hall–Kier alpha value is -2.84. The monoisotopic (exact) mass is 426 g/mol. The lowest BCUT2D eigenvalue weighted by Gasteiger charge is -2.13. The lowest BCUT2D eigenvalue weighted by atomic mass is 10.2. The number of carbonyl (C=O) groups excluding carboxylic acids is 1. The Morgan fingerprint density at radius 2 is 2.04 bits per heavy atom. The van der Waals surface area contributed by atoms with Crippen LogP contribution in [0.3, 0.4) is 0 Å². The number of aromatic nitrogens is 2. The van der Waals surface area contributed by atoms with Gasteiger partial charge in [-0.2, -0.15) is 0 Å². The second-order valence-electron chi connectivity index (χ2n) is 5.81. The SMILES string of the molecule is Cc1nc(C(=O)NCc2ccc(Cl)c(Oc3ccc(N)cc3F)c2F)c(Cl)[nH]1. The maximum absolute atomic E-state index is 14.8. The number of imidazole rings is 1. The smallest absolute Gasteiger partial charge is 0.273 e. The van der Waals surface area contributed by atoms with E-state index in [1.807, 2.05) is 0 Å². The molecule has 0 aliphatic carbocycles. The first-order valence-electron chi connectivity index (χ1n) is 7.96. The van der Waals surface area contributed by atoms with Crippen LogP contribution in [-0.4, -0.2) is 15.9 Å². The van der Waals surface area contributed by atoms with E-state index in [2.05, 4.69) is 15.3 Å². The van der Waals surface area contributed by atoms with Gasteiger partial charge in [-0.05, 0) is 25.1 Å². The molecule has 2 aromatic carbocycles. The third-order valence-electron chi connectivity index (χ3n) is 3.73. The summed E-state index contributed by atoms with van der Waals surface area (Å²) in [6.45, 7) is 1.45. The van der Waals surface area contributed by atoms with Gasteiger partial charge in [-0.15, -0.1) is 0 Å². The average Bonchev–Trinajstić information content (AvgIpc) is 2.97. The molecular formula is C18H14Cl2F2N4O2. The average molecular weight is 427 g/mol. The number of aryl methyl sites for hydroxylation is 1. The van der Waals surface area contributed by atoms with Crippen LogP contribution >= 0.6 is 23.2 Å². The van der Waals surface area contributed by atoms with Gasteiger partial charge in [-0.3, -0.25) is 4.79 Å². The summed E-state index contributed by atoms with van der Waals surface area (Å²) in [5.74, 6) is -2.34. The summed E-state index contributed by atoms with van der Waals surface area (Å²) >= 11 is 11.9. The van der Waals surface area contributed by atoms with Crippen LogP contribution in [0.5, 0.6) is 11.5 Å². The summed E-state index contributed by atoms with van der Waals surface area (Å²) in [7, 11) is 0. The number of ether oxygens (including phenoxy) is 1. The number of anilines is 1. The quantitative estimate of drug-likeness (QED) is 0.519. The Labute approximate surface area is 168 Å². The van der Waals surface area contributed by atoms with Crippen molar-refractivity contribution in [3.8, 4) is 11.5 Å². The number of amides is 1. The molecule has 1 heterocycles. The van der Waals surface area contributed by atoms with Gasteiger partial charge in [0.1, 0.15) is 11.0 Å². The molecule has 6 nitrogen and oxygen atoms in total. The molecule has 0 aliphatic heterocycles. The van der Waals surface area contributed by atoms with Crippen molar-refractivity contribution in [2.75, 3.05) is 5.73 Å². The van der Waals surface area contributed by atoms with Crippen LogP contribution in [0.2, 0.25) is 10.2 Å². The van der Waals surface area contributed by atoms with Crippen LogP contribution in [0.15, 0.2) is 30.3 Å². The Balaban J connectivity index is 1.80. The maximum Gasteiger partial charge on any atom is 0.273 e. The molecule has 4 N–H and O–H groups in total. The number of rotatable bonds is 5. The van der Waals surface area contributed by atoms with Crippen molar-refractivity contribution >= 4 is 34.8 Å². The van der Waals surface area contributed by atoms with E-state index < -0.39 is 17.5 Å². The topological polar surface area (TPSA) is 93.0 Å². The minimum atomic E-state index is -0.840. The van der Waals surface area contributed by atoms with Crippen molar-refractivity contribution in [1.29, 1.82) is 0 Å². The normalized spacial score (nSPS) is 10.8. The van der Waals surface area contributed by atoms with Gasteiger partial charge >= 0.3 is 0 Å². The number of nitrogens with zero attached hydrogens (tertiary/aromatic N) is 1. The van der Waals surface area contributed by atoms with Crippen LogP contribution in [0.25, 0.3) is 0 Å². The number of hydrogen-bond donors (Lipinski definition) is 3. The van der Waals surface area contributed by atoms with E-state index in [1.165, 1.54) is 24.3 Å². The highest BCUT2D eigenvalue weighted by Crippen LogP contribution is 2.35. The number of nitrogen functional groups attached to an aromatic ring is 1. The zero-order valence-electron chi connectivity index (χ0n) is 14.4. The molecule has 28 heavy (non-hydrogen) atoms. The van der Waals surface area contributed by atoms with E-state index in [4.69, 9.17) is 33.7 Å². The van der Waals surface area contributed by atoms with Crippen molar-refractivity contribution in [2.45, 2.75) is 13.5 Å². The fraction of sp³-hybridized carbons (Fsp3) is 0.111. The van der Waals surface area contributed by atoms with Gasteiger partial charge in [0.25, 0.3) is 5.91 Å². The van der Waals surface area contributed by atoms with Gasteiger partial charge in [0, 0.05) is 23.9 Å². The van der Waals surface area contributed by atoms with E-state index in [0.29, 0.717) is 5.82 Å². The van der Waals surface area contributed by atoms with Crippen LogP contribution in [0.1, 0.15) is 21.9 Å². The summed E-state index contributed by atoms with van der Waals surface area (Å²) in [5.41, 5.74) is 5.75. The Kier molecular flexibility index (Phi) is 5.71. The van der Waals surface area contributed by atoms with Crippen molar-refractivity contribution in [3.05, 3.63) is 69.2 Å². The molecule has 3 rings (SSSR count). The Morgan fingerprint density at radius 3 is 2.68 bits per heavy atom. The molecule has 0 bridgehead atoms. The summed E-state index contributed by atoms with van der Waals surface area (Å²) in [4.78, 5) is 18.8. The van der Waals surface area contributed by atoms with Crippen molar-refractivity contribution in [1.82, 2.24) is 15.3 Å². The zero-order valence-corrected chi connectivity index (χ0v) is 16.0. The van der Waals surface area contributed by atoms with Crippen molar-refractivity contribution in [2.24, 2.45) is 0 Å². The predicted molar refractivity (Wildman–Crippen MR) is 102 cm³/mol. The number of hydrogen-bond acceptors (Lipinski definition) is 4. The van der Waals surface area contributed by atoms with Gasteiger partial charge in [-0.1, -0.05) is 29.3 Å². The molecule has 10 heteroatoms. The van der Waals surface area contributed by atoms with Crippen molar-refractivity contribution in [3.63, 3.8) is 0 Å². The number of carbonyl (C=O) groups is 1. The van der Waals surface area contributed by atoms with Crippen LogP contribution in [0.4, 0.5) is 14.5 Å². The summed E-state index contributed by atoms with van der Waals surface area (Å²) in [6, 6.07) is 6.46. The summed E-state index contributed by atoms with van der Waals surface area (Å²) < 4.78 is 34.0. The molecule has 0 saturated heterocycles. The van der Waals surface area contributed by atoms with Crippen LogP contribution in [-0.2, 0) is 6.54 Å². The minimum absolute atomic E-state index is 0.00560. The minimum Gasteiger partial charge on any atom is -0.450 e. The molecule has 0 spiro atoms. The predicted octanol–water partition coefficient (Wildman–Crippen LogP) is 4.61. The fourth-order valence-electron chi connectivity index (χ4n) is 2.39. The first-order chi connectivity index (χ1) is 13.3. The van der Waals surface area contributed by atoms with Gasteiger partial charge in [0.15, 0.2) is 28.8 Å². The summed E-state index contributed by atoms with van der Waals surface area (Å²) in [6.07, 6.45) is 0. The van der Waals surface area contributed by atoms with Crippen LogP contribution < -0.4 is 15.8 Å². The van der Waals surface area contributed by atoms with Crippen LogP contribution in [0, 0.1) is 18.6 Å². The van der Waals surface area contributed by atoms with Crippen molar-refractivity contribution < 1.29 is 18.3 Å². The van der Waals surface area contributed by atoms with E-state index >= 15 is 0 Å². The first kappa shape index (κ1) is 19.9. The number of halogens is 4. The molecular weight excluding hydrogens is 413 g/mol. The highest BCUT2D eigenvalue weighted by atomic mass is 35.5. The standard InChI is InChI=1S/C18H14Cl2F2N4O2/c1-8-25-15(17(20)26-8)18(27)24-7-9-2-4-11(19)16(14(9)22)28-13-5-3-10(23)6-12(13)21/h2-6H,7,23H2,1H3,(H,24,27)(H,25,26). The molecule has 1 amide bonds. The molecule has 146 valence electrons. The third-order valence-corrected chi connectivity index (χ3v) is 4.30. The Morgan fingerprint density at radius 1 is 1.29 bits per heavy atom. The molecule has 0 saturated carbocycles. The maximum atomic E-state index is 14.8. The second-order valence-corrected chi connectivity index (χ2v) is 6.59. The number of nitrogens with one attached hydrogen (secondary N) is 2. The number of benzene rings is 2. The molecule has 3 aromatic rings. The molecule has 1 aromatic heterocycles. The van der Waals surface area contributed by atoms with E-state index in [9.17, 15) is 13.6 Å². The third kappa shape index (κ3) is 4.18. The van der Waals surface area contributed by atoms with Gasteiger partial charge in [-0.25, -0.2) is 13.8 Å².